The quantitative estimate of drug-likeness (QED) is 0.784. The second kappa shape index (κ2) is 5.11. The van der Waals surface area contributed by atoms with E-state index in [1.54, 1.807) is 11.8 Å². The van der Waals surface area contributed by atoms with Gasteiger partial charge < -0.3 is 9.31 Å². The number of hydrogen-bond acceptors (Lipinski definition) is 3. The molecular formula is C12H12BClO2S. The predicted octanol–water partition coefficient (Wildman–Crippen LogP) is 2.97. The van der Waals surface area contributed by atoms with Crippen LogP contribution in [0.1, 0.15) is 5.56 Å². The lowest BCUT2D eigenvalue weighted by Gasteiger charge is -2.07. The Morgan fingerprint density at radius 1 is 1.29 bits per heavy atom. The van der Waals surface area contributed by atoms with Crippen LogP contribution in [-0.4, -0.2) is 13.4 Å². The molecule has 0 atom stereocenters. The summed E-state index contributed by atoms with van der Waals surface area (Å²) in [5.41, 5.74) is 1.98. The molecule has 1 aromatic carbocycles. The molecule has 0 amide bonds. The maximum atomic E-state index is 6.21. The minimum absolute atomic E-state index is 0.458. The van der Waals surface area contributed by atoms with E-state index in [0.717, 1.165) is 11.2 Å². The summed E-state index contributed by atoms with van der Waals surface area (Å²) >= 11 is 7.96. The van der Waals surface area contributed by atoms with E-state index in [-0.39, 0.29) is 0 Å². The minimum atomic E-state index is -0.522. The van der Waals surface area contributed by atoms with Gasteiger partial charge in [-0.3, -0.25) is 0 Å². The molecule has 1 aromatic rings. The van der Waals surface area contributed by atoms with E-state index >= 15 is 0 Å². The molecule has 0 radical (unpaired) electrons. The highest BCUT2D eigenvalue weighted by Crippen LogP contribution is 2.23. The Morgan fingerprint density at radius 2 is 1.94 bits per heavy atom. The van der Waals surface area contributed by atoms with Crippen molar-refractivity contribution >= 4 is 35.9 Å². The van der Waals surface area contributed by atoms with Gasteiger partial charge in [0.1, 0.15) is 11.5 Å². The van der Waals surface area contributed by atoms with Gasteiger partial charge in [-0.05, 0) is 17.9 Å². The number of halogens is 1. The van der Waals surface area contributed by atoms with Crippen molar-refractivity contribution in [3.05, 3.63) is 53.5 Å². The summed E-state index contributed by atoms with van der Waals surface area (Å²) in [7, 11) is -0.522. The molecule has 1 heterocycles. The van der Waals surface area contributed by atoms with Crippen LogP contribution in [0.3, 0.4) is 0 Å². The van der Waals surface area contributed by atoms with Crippen molar-refractivity contribution in [2.45, 2.75) is 5.75 Å². The Balaban J connectivity index is 2.22. The summed E-state index contributed by atoms with van der Waals surface area (Å²) in [4.78, 5) is 0. The molecule has 5 heteroatoms. The Kier molecular flexibility index (Phi) is 3.74. The van der Waals surface area contributed by atoms with E-state index in [1.165, 1.54) is 5.56 Å². The van der Waals surface area contributed by atoms with Gasteiger partial charge in [-0.1, -0.05) is 36.9 Å². The van der Waals surface area contributed by atoms with Crippen LogP contribution < -0.4 is 5.46 Å². The molecule has 17 heavy (non-hydrogen) atoms. The maximum Gasteiger partial charge on any atom is 0.634 e. The second-order valence-electron chi connectivity index (χ2n) is 3.70. The number of thioether (sulfide) groups is 1. The predicted molar refractivity (Wildman–Crippen MR) is 74.5 cm³/mol. The van der Waals surface area contributed by atoms with Gasteiger partial charge in [0.05, 0.1) is 0 Å². The van der Waals surface area contributed by atoms with Crippen LogP contribution in [0.25, 0.3) is 0 Å². The molecule has 0 saturated carbocycles. The van der Waals surface area contributed by atoms with Gasteiger partial charge in [0.15, 0.2) is 0 Å². The number of rotatable bonds is 3. The van der Waals surface area contributed by atoms with E-state index in [0.29, 0.717) is 16.5 Å². The molecule has 1 aliphatic rings. The topological polar surface area (TPSA) is 18.5 Å². The highest BCUT2D eigenvalue weighted by molar-refractivity contribution is 7.97. The molecule has 0 unspecified atom stereocenters. The molecular weight excluding hydrogens is 254 g/mol. The third kappa shape index (κ3) is 2.64. The zero-order valence-electron chi connectivity index (χ0n) is 9.53. The summed E-state index contributed by atoms with van der Waals surface area (Å²) in [6, 6.07) is 5.88. The van der Waals surface area contributed by atoms with Crippen molar-refractivity contribution in [2.75, 3.05) is 6.26 Å². The third-order valence-corrected chi connectivity index (χ3v) is 3.39. The van der Waals surface area contributed by atoms with Gasteiger partial charge >= 0.3 is 7.12 Å². The lowest BCUT2D eigenvalue weighted by Crippen LogP contribution is -2.32. The normalized spacial score (nSPS) is 14.8. The van der Waals surface area contributed by atoms with Crippen LogP contribution in [0.2, 0.25) is 5.02 Å². The Morgan fingerprint density at radius 3 is 2.47 bits per heavy atom. The fraction of sp³-hybridized carbons (Fsp3) is 0.167. The number of benzene rings is 1. The van der Waals surface area contributed by atoms with Crippen LogP contribution in [-0.2, 0) is 15.1 Å². The van der Waals surface area contributed by atoms with Crippen molar-refractivity contribution in [3.8, 4) is 0 Å². The molecule has 1 saturated heterocycles. The Bertz CT molecular complexity index is 460. The zero-order valence-corrected chi connectivity index (χ0v) is 11.1. The molecule has 1 fully saturated rings. The molecule has 0 aliphatic carbocycles. The van der Waals surface area contributed by atoms with Crippen molar-refractivity contribution in [1.82, 2.24) is 0 Å². The van der Waals surface area contributed by atoms with E-state index in [4.69, 9.17) is 20.9 Å². The first kappa shape index (κ1) is 12.5. The van der Waals surface area contributed by atoms with Crippen LogP contribution in [0.5, 0.6) is 0 Å². The highest BCUT2D eigenvalue weighted by atomic mass is 35.5. The maximum absolute atomic E-state index is 6.21. The van der Waals surface area contributed by atoms with E-state index in [9.17, 15) is 0 Å². The molecule has 1 aliphatic heterocycles. The van der Waals surface area contributed by atoms with Crippen LogP contribution in [0.4, 0.5) is 0 Å². The summed E-state index contributed by atoms with van der Waals surface area (Å²) in [6.07, 6.45) is 2.05. The number of hydrogen-bond donors (Lipinski definition) is 0. The van der Waals surface area contributed by atoms with Crippen molar-refractivity contribution in [2.24, 2.45) is 0 Å². The fourth-order valence-electron chi connectivity index (χ4n) is 1.56. The zero-order chi connectivity index (χ0) is 12.4. The average molecular weight is 267 g/mol. The average Bonchev–Trinajstić information content (AvgIpc) is 2.59. The monoisotopic (exact) mass is 266 g/mol. The van der Waals surface area contributed by atoms with Crippen LogP contribution in [0.15, 0.2) is 42.9 Å². The highest BCUT2D eigenvalue weighted by Gasteiger charge is 2.36. The molecule has 0 aromatic heterocycles. The Labute approximate surface area is 111 Å². The molecule has 0 spiro atoms. The molecule has 2 nitrogen and oxygen atoms in total. The standard InChI is InChI=1S/C12H12BClO2S/c1-8-9(2)16-13(15-8)11-5-4-10(7-17-3)6-12(11)14/h4-6H,1-2,7H2,3H3. The Hall–Kier alpha value is -0.995. The first-order valence-electron chi connectivity index (χ1n) is 5.10. The molecule has 2 rings (SSSR count). The summed E-state index contributed by atoms with van der Waals surface area (Å²) in [6.45, 7) is 7.39. The lowest BCUT2D eigenvalue weighted by molar-refractivity contribution is 0.431. The van der Waals surface area contributed by atoms with Gasteiger partial charge in [-0.25, -0.2) is 0 Å². The van der Waals surface area contributed by atoms with Crippen LogP contribution >= 0.6 is 23.4 Å². The summed E-state index contributed by atoms with van der Waals surface area (Å²) < 4.78 is 10.9. The summed E-state index contributed by atoms with van der Waals surface area (Å²) in [5, 5.41) is 0.643. The van der Waals surface area contributed by atoms with E-state index in [1.807, 2.05) is 18.2 Å². The van der Waals surface area contributed by atoms with Crippen molar-refractivity contribution in [1.29, 1.82) is 0 Å². The molecule has 0 bridgehead atoms. The van der Waals surface area contributed by atoms with Gasteiger partial charge in [0.2, 0.25) is 0 Å². The van der Waals surface area contributed by atoms with Gasteiger partial charge in [0, 0.05) is 16.2 Å². The fourth-order valence-corrected chi connectivity index (χ4v) is 2.36. The minimum Gasteiger partial charge on any atom is -0.520 e. The van der Waals surface area contributed by atoms with E-state index in [2.05, 4.69) is 19.4 Å². The second-order valence-corrected chi connectivity index (χ2v) is 4.98. The first-order valence-corrected chi connectivity index (χ1v) is 6.87. The summed E-state index contributed by atoms with van der Waals surface area (Å²) in [5.74, 6) is 1.85. The van der Waals surface area contributed by atoms with Crippen LogP contribution in [0, 0.1) is 0 Å². The van der Waals surface area contributed by atoms with E-state index < -0.39 is 7.12 Å². The molecule has 0 N–H and O–H groups in total. The van der Waals surface area contributed by atoms with Gasteiger partial charge in [-0.15, -0.1) is 0 Å². The smallest absolute Gasteiger partial charge is 0.520 e. The van der Waals surface area contributed by atoms with Crippen molar-refractivity contribution in [3.63, 3.8) is 0 Å². The first-order chi connectivity index (χ1) is 8.11. The van der Waals surface area contributed by atoms with Gasteiger partial charge in [-0.2, -0.15) is 11.8 Å². The third-order valence-electron chi connectivity index (χ3n) is 2.44. The SMILES string of the molecule is C=C1OB(c2ccc(CSC)cc2Cl)OC1=C. The van der Waals surface area contributed by atoms with Crippen molar-refractivity contribution < 1.29 is 9.31 Å². The lowest BCUT2D eigenvalue weighted by atomic mass is 9.79. The van der Waals surface area contributed by atoms with Gasteiger partial charge in [0.25, 0.3) is 0 Å². The molecule has 88 valence electrons. The largest absolute Gasteiger partial charge is 0.634 e.